The van der Waals surface area contributed by atoms with Crippen LogP contribution in [-0.4, -0.2) is 45.2 Å². The van der Waals surface area contributed by atoms with Crippen molar-refractivity contribution in [1.29, 1.82) is 0 Å². The van der Waals surface area contributed by atoms with E-state index in [0.29, 0.717) is 5.56 Å². The van der Waals surface area contributed by atoms with Crippen LogP contribution in [0.15, 0.2) is 35.2 Å². The highest BCUT2D eigenvalue weighted by molar-refractivity contribution is 7.89. The molecule has 0 unspecified atom stereocenters. The van der Waals surface area contributed by atoms with Gasteiger partial charge in [0.2, 0.25) is 15.8 Å². The predicted octanol–water partition coefficient (Wildman–Crippen LogP) is 3.21. The third-order valence-corrected chi connectivity index (χ3v) is 6.63. The molecule has 0 bridgehead atoms. The van der Waals surface area contributed by atoms with Gasteiger partial charge in [-0.25, -0.2) is 17.5 Å². The monoisotopic (exact) mass is 403 g/mol. The van der Waals surface area contributed by atoms with Crippen molar-refractivity contribution in [2.45, 2.75) is 32.6 Å². The van der Waals surface area contributed by atoms with Gasteiger partial charge in [-0.2, -0.15) is 0 Å². The highest BCUT2D eigenvalue weighted by atomic mass is 32.2. The molecule has 0 amide bonds. The van der Waals surface area contributed by atoms with Crippen LogP contribution in [0.5, 0.6) is 0 Å². The molecular weight excluding hydrogens is 378 g/mol. The standard InChI is InChI=1S/C21H25NO5S/c1-13-10-14(2)20(16(4)15(13)3)19(23)12-27-21(24)17-8-7-9-18(11-17)28(25,26)22(5)6/h7-11H,12H2,1-6H3. The predicted molar refractivity (Wildman–Crippen MR) is 107 cm³/mol. The second-order valence-corrected chi connectivity index (χ2v) is 9.10. The maximum atomic E-state index is 12.6. The molecule has 150 valence electrons. The molecular formula is C21H25NO5S. The highest BCUT2D eigenvalue weighted by Gasteiger charge is 2.21. The smallest absolute Gasteiger partial charge is 0.338 e. The molecule has 2 aromatic rings. The summed E-state index contributed by atoms with van der Waals surface area (Å²) in [6.45, 7) is 7.25. The van der Waals surface area contributed by atoms with Gasteiger partial charge >= 0.3 is 5.97 Å². The van der Waals surface area contributed by atoms with Gasteiger partial charge in [0.05, 0.1) is 10.5 Å². The zero-order chi connectivity index (χ0) is 21.2. The number of rotatable bonds is 6. The second kappa shape index (κ2) is 8.24. The Kier molecular flexibility index (Phi) is 6.41. The van der Waals surface area contributed by atoms with Crippen molar-refractivity contribution in [2.75, 3.05) is 20.7 Å². The van der Waals surface area contributed by atoms with Crippen molar-refractivity contribution in [1.82, 2.24) is 4.31 Å². The van der Waals surface area contributed by atoms with Crippen LogP contribution in [0, 0.1) is 27.7 Å². The highest BCUT2D eigenvalue weighted by Crippen LogP contribution is 2.22. The minimum atomic E-state index is -3.67. The maximum absolute atomic E-state index is 12.6. The lowest BCUT2D eigenvalue weighted by molar-refractivity contribution is 0.0474. The minimum Gasteiger partial charge on any atom is -0.454 e. The summed E-state index contributed by atoms with van der Waals surface area (Å²) in [6.07, 6.45) is 0. The van der Waals surface area contributed by atoms with Gasteiger partial charge in [0.25, 0.3) is 0 Å². The zero-order valence-electron chi connectivity index (χ0n) is 17.0. The van der Waals surface area contributed by atoms with Gasteiger partial charge in [0, 0.05) is 19.7 Å². The SMILES string of the molecule is Cc1cc(C)c(C(=O)COC(=O)c2cccc(S(=O)(=O)N(C)C)c2)c(C)c1C. The number of hydrogen-bond donors (Lipinski definition) is 0. The average Bonchev–Trinajstić information content (AvgIpc) is 2.64. The molecule has 2 aromatic carbocycles. The largest absolute Gasteiger partial charge is 0.454 e. The molecule has 28 heavy (non-hydrogen) atoms. The van der Waals surface area contributed by atoms with Crippen molar-refractivity contribution < 1.29 is 22.7 Å². The molecule has 0 fully saturated rings. The maximum Gasteiger partial charge on any atom is 0.338 e. The number of aryl methyl sites for hydroxylation is 2. The van der Waals surface area contributed by atoms with E-state index in [-0.39, 0.29) is 16.2 Å². The lowest BCUT2D eigenvalue weighted by Crippen LogP contribution is -2.22. The third-order valence-electron chi connectivity index (χ3n) is 4.82. The van der Waals surface area contributed by atoms with Crippen LogP contribution >= 0.6 is 0 Å². The quantitative estimate of drug-likeness (QED) is 0.546. The Morgan fingerprint density at radius 1 is 0.964 bits per heavy atom. The summed E-state index contributed by atoms with van der Waals surface area (Å²) in [4.78, 5) is 24.9. The number of ketones is 1. The zero-order valence-corrected chi connectivity index (χ0v) is 17.8. The summed E-state index contributed by atoms with van der Waals surface area (Å²) >= 11 is 0. The molecule has 2 rings (SSSR count). The van der Waals surface area contributed by atoms with Gasteiger partial charge in [0.15, 0.2) is 6.61 Å². The topological polar surface area (TPSA) is 80.8 Å². The van der Waals surface area contributed by atoms with Crippen molar-refractivity contribution in [3.63, 3.8) is 0 Å². The van der Waals surface area contributed by atoms with Gasteiger partial charge in [0.1, 0.15) is 0 Å². The Bertz CT molecular complexity index is 1040. The number of ether oxygens (including phenoxy) is 1. The molecule has 0 aliphatic heterocycles. The molecule has 0 heterocycles. The molecule has 7 heteroatoms. The van der Waals surface area contributed by atoms with Crippen molar-refractivity contribution >= 4 is 21.8 Å². The summed E-state index contributed by atoms with van der Waals surface area (Å²) in [5.74, 6) is -1.04. The lowest BCUT2D eigenvalue weighted by atomic mass is 9.92. The van der Waals surface area contributed by atoms with Crippen molar-refractivity contribution in [2.24, 2.45) is 0 Å². The van der Waals surface area contributed by atoms with E-state index in [1.54, 1.807) is 0 Å². The Hall–Kier alpha value is -2.51. The van der Waals surface area contributed by atoms with Gasteiger partial charge < -0.3 is 4.74 Å². The van der Waals surface area contributed by atoms with Crippen LogP contribution in [0.4, 0.5) is 0 Å². The lowest BCUT2D eigenvalue weighted by Gasteiger charge is -2.14. The number of sulfonamides is 1. The molecule has 0 N–H and O–H groups in total. The number of Topliss-reactive ketones (excluding diaryl/α,β-unsaturated/α-hetero) is 1. The number of nitrogens with zero attached hydrogens (tertiary/aromatic N) is 1. The molecule has 0 spiro atoms. The van der Waals surface area contributed by atoms with E-state index in [0.717, 1.165) is 26.6 Å². The fourth-order valence-electron chi connectivity index (χ4n) is 2.99. The van der Waals surface area contributed by atoms with E-state index in [9.17, 15) is 18.0 Å². The van der Waals surface area contributed by atoms with Gasteiger partial charge in [-0.05, 0) is 68.1 Å². The molecule has 0 atom stereocenters. The number of benzene rings is 2. The van der Waals surface area contributed by atoms with E-state index in [2.05, 4.69) is 0 Å². The second-order valence-electron chi connectivity index (χ2n) is 6.95. The Morgan fingerprint density at radius 2 is 1.61 bits per heavy atom. The van der Waals surface area contributed by atoms with Crippen LogP contribution in [0.1, 0.15) is 43.0 Å². The fraction of sp³-hybridized carbons (Fsp3) is 0.333. The molecule has 6 nitrogen and oxygen atoms in total. The van der Waals surface area contributed by atoms with E-state index in [1.807, 2.05) is 33.8 Å². The summed E-state index contributed by atoms with van der Waals surface area (Å²) in [5, 5.41) is 0. The van der Waals surface area contributed by atoms with Gasteiger partial charge in [-0.1, -0.05) is 12.1 Å². The molecule has 0 saturated carbocycles. The number of hydrogen-bond acceptors (Lipinski definition) is 5. The van der Waals surface area contributed by atoms with Crippen molar-refractivity contribution in [3.8, 4) is 0 Å². The molecule has 0 saturated heterocycles. The van der Waals surface area contributed by atoms with Crippen LogP contribution in [0.2, 0.25) is 0 Å². The first-order valence-corrected chi connectivity index (χ1v) is 10.2. The summed E-state index contributed by atoms with van der Waals surface area (Å²) < 4.78 is 30.6. The van der Waals surface area contributed by atoms with E-state index in [4.69, 9.17) is 4.74 Å². The van der Waals surface area contributed by atoms with Crippen molar-refractivity contribution in [3.05, 3.63) is 63.7 Å². The van der Waals surface area contributed by atoms with E-state index in [1.165, 1.54) is 38.4 Å². The normalized spacial score (nSPS) is 11.5. The Balaban J connectivity index is 2.20. The number of carbonyl (C=O) groups excluding carboxylic acids is 2. The summed E-state index contributed by atoms with van der Waals surface area (Å²) in [7, 11) is -0.849. The molecule has 0 aliphatic rings. The number of esters is 1. The third kappa shape index (κ3) is 4.31. The molecule has 0 radical (unpaired) electrons. The Morgan fingerprint density at radius 3 is 2.21 bits per heavy atom. The van der Waals surface area contributed by atoms with Gasteiger partial charge in [-0.15, -0.1) is 0 Å². The summed E-state index contributed by atoms with van der Waals surface area (Å²) in [5.41, 5.74) is 4.46. The van der Waals surface area contributed by atoms with Crippen LogP contribution in [0.25, 0.3) is 0 Å². The van der Waals surface area contributed by atoms with E-state index >= 15 is 0 Å². The average molecular weight is 404 g/mol. The first-order chi connectivity index (χ1) is 13.0. The number of carbonyl (C=O) groups is 2. The summed E-state index contributed by atoms with van der Waals surface area (Å²) in [6, 6.07) is 7.50. The first-order valence-electron chi connectivity index (χ1n) is 8.77. The molecule has 0 aromatic heterocycles. The first kappa shape index (κ1) is 21.8. The van der Waals surface area contributed by atoms with E-state index < -0.39 is 22.6 Å². The fourth-order valence-corrected chi connectivity index (χ4v) is 3.94. The van der Waals surface area contributed by atoms with Crippen LogP contribution in [-0.2, 0) is 14.8 Å². The Labute approximate surface area is 166 Å². The van der Waals surface area contributed by atoms with Crippen LogP contribution < -0.4 is 0 Å². The minimum absolute atomic E-state index is 0.0147. The molecule has 0 aliphatic carbocycles. The van der Waals surface area contributed by atoms with Crippen LogP contribution in [0.3, 0.4) is 0 Å². The van der Waals surface area contributed by atoms with Gasteiger partial charge in [-0.3, -0.25) is 4.79 Å².